The Bertz CT molecular complexity index is 1270. The number of hydroxylamine groups is 1. The van der Waals surface area contributed by atoms with Crippen LogP contribution in [0.5, 0.6) is 5.75 Å². The van der Waals surface area contributed by atoms with Crippen molar-refractivity contribution in [3.05, 3.63) is 61.3 Å². The summed E-state index contributed by atoms with van der Waals surface area (Å²) in [6.07, 6.45) is -3.80. The van der Waals surface area contributed by atoms with Gasteiger partial charge < -0.3 is 14.6 Å². The third kappa shape index (κ3) is 6.55. The lowest BCUT2D eigenvalue weighted by Crippen LogP contribution is -2.44. The molecule has 1 aromatic heterocycles. The molecular weight excluding hydrogens is 559 g/mol. The number of hydrogen-bond donors (Lipinski definition) is 2. The van der Waals surface area contributed by atoms with Crippen molar-refractivity contribution in [2.75, 3.05) is 13.2 Å². The number of aliphatic hydroxyl groups excluding tert-OH is 1. The fraction of sp³-hybridized carbons (Fsp3) is 0.476. The summed E-state index contributed by atoms with van der Waals surface area (Å²) in [4.78, 5) is 44.0. The summed E-state index contributed by atoms with van der Waals surface area (Å²) in [6, 6.07) is 3.82. The highest BCUT2D eigenvalue weighted by atomic mass is 35.5. The molecule has 1 saturated heterocycles. The van der Waals surface area contributed by atoms with Crippen LogP contribution in [0.2, 0.25) is 10.0 Å². The summed E-state index contributed by atoms with van der Waals surface area (Å²) < 4.78 is 45.1. The highest BCUT2D eigenvalue weighted by Gasteiger charge is 2.56. The second-order valence-electron chi connectivity index (χ2n) is 8.07. The number of ether oxygens (including phenoxy) is 2. The van der Waals surface area contributed by atoms with Gasteiger partial charge in [0.05, 0.1) is 21.5 Å². The quantitative estimate of drug-likeness (QED) is 0.243. The fourth-order valence-electron chi connectivity index (χ4n) is 3.43. The number of alkyl halides is 1. The van der Waals surface area contributed by atoms with E-state index in [9.17, 15) is 24.1 Å². The third-order valence-electron chi connectivity index (χ3n) is 5.39. The standard InChI is InChI=1S/C21H23Cl2FN3O9P/c1-4-33-18(30)11(2)27(37(32)36-12-5-6-13(22)14(23)9-12)34-10-15-17(29)21(3,24)19(35-15)26-8-7-16(28)25-20(26)31/h5-9,11,15,17,19,29H,4,10H2,1-3H3/p+1/t11?,15-,17-,19-,21-/m1/s1. The molecule has 0 bridgehead atoms. The molecule has 2 heterocycles. The van der Waals surface area contributed by atoms with Gasteiger partial charge in [-0.3, -0.25) is 24.0 Å². The first kappa shape index (κ1) is 29.2. The van der Waals surface area contributed by atoms with Crippen molar-refractivity contribution in [3.8, 4) is 5.75 Å². The number of carbonyl (C=O) groups excluding carboxylic acids is 1. The molecule has 1 fully saturated rings. The molecule has 2 aromatic rings. The largest absolute Gasteiger partial charge is 0.693 e. The Morgan fingerprint density at radius 3 is 2.68 bits per heavy atom. The molecule has 6 atom stereocenters. The Balaban J connectivity index is 1.80. The van der Waals surface area contributed by atoms with Gasteiger partial charge >= 0.3 is 19.8 Å². The van der Waals surface area contributed by atoms with Gasteiger partial charge in [0.25, 0.3) is 5.56 Å². The van der Waals surface area contributed by atoms with Crippen molar-refractivity contribution >= 4 is 37.3 Å². The van der Waals surface area contributed by atoms with E-state index in [0.29, 0.717) is 4.83 Å². The monoisotopic (exact) mass is 582 g/mol. The van der Waals surface area contributed by atoms with Crippen molar-refractivity contribution in [3.63, 3.8) is 0 Å². The first-order chi connectivity index (χ1) is 17.4. The molecule has 3 rings (SSSR count). The zero-order valence-electron chi connectivity index (χ0n) is 19.8. The van der Waals surface area contributed by atoms with E-state index in [1.165, 1.54) is 25.1 Å². The summed E-state index contributed by atoms with van der Waals surface area (Å²) in [7, 11) is -2.91. The smallest absolute Gasteiger partial charge is 0.465 e. The lowest BCUT2D eigenvalue weighted by atomic mass is 9.98. The van der Waals surface area contributed by atoms with E-state index in [0.717, 1.165) is 23.8 Å². The number of esters is 1. The SMILES string of the molecule is CCOC(=O)C(C)N(OC[C@H]1O[C@@H](n2ccc(=O)[nH]c2=O)[C@](C)(F)[C@@H]1O)[P+](=O)Oc1ccc(Cl)c(Cl)c1. The molecule has 2 N–H and O–H groups in total. The van der Waals surface area contributed by atoms with Crippen LogP contribution in [-0.4, -0.2) is 62.6 Å². The second-order valence-corrected chi connectivity index (χ2v) is 9.94. The van der Waals surface area contributed by atoms with Gasteiger partial charge in [-0.2, -0.15) is 0 Å². The van der Waals surface area contributed by atoms with Gasteiger partial charge in [-0.05, 0) is 32.9 Å². The topological polar surface area (TPSA) is 149 Å². The van der Waals surface area contributed by atoms with Gasteiger partial charge in [0, 0.05) is 22.9 Å². The first-order valence-electron chi connectivity index (χ1n) is 10.9. The van der Waals surface area contributed by atoms with Crippen LogP contribution in [0.25, 0.3) is 0 Å². The molecule has 1 aromatic carbocycles. The van der Waals surface area contributed by atoms with E-state index in [1.807, 2.05) is 4.98 Å². The van der Waals surface area contributed by atoms with Crippen LogP contribution in [0.3, 0.4) is 0 Å². The Hall–Kier alpha value is -2.38. The molecule has 0 aliphatic carbocycles. The number of aromatic nitrogens is 2. The number of hydrogen-bond acceptors (Lipinski definition) is 9. The third-order valence-corrected chi connectivity index (χ3v) is 7.28. The number of rotatable bonds is 10. The normalized spacial score (nSPS) is 24.6. The predicted octanol–water partition coefficient (Wildman–Crippen LogP) is 2.75. The number of H-pyrrole nitrogens is 1. The number of carbonyl (C=O) groups is 1. The van der Waals surface area contributed by atoms with E-state index < -0.39 is 62.2 Å². The van der Waals surface area contributed by atoms with E-state index in [1.54, 1.807) is 6.92 Å². The molecule has 0 spiro atoms. The van der Waals surface area contributed by atoms with Gasteiger partial charge in [0.15, 0.2) is 23.7 Å². The highest BCUT2D eigenvalue weighted by molar-refractivity contribution is 7.36. The summed E-state index contributed by atoms with van der Waals surface area (Å²) in [6.45, 7) is 3.34. The van der Waals surface area contributed by atoms with Gasteiger partial charge in [0.2, 0.25) is 0 Å². The van der Waals surface area contributed by atoms with Crippen molar-refractivity contribution in [2.45, 2.75) is 50.9 Å². The number of benzene rings is 1. The predicted molar refractivity (Wildman–Crippen MR) is 129 cm³/mol. The van der Waals surface area contributed by atoms with Gasteiger partial charge in [-0.15, -0.1) is 0 Å². The van der Waals surface area contributed by atoms with Crippen molar-refractivity contribution in [2.24, 2.45) is 0 Å². The average molecular weight is 583 g/mol. The molecule has 0 radical (unpaired) electrons. The van der Waals surface area contributed by atoms with Gasteiger partial charge in [0.1, 0.15) is 18.8 Å². The molecule has 0 saturated carbocycles. The molecule has 0 amide bonds. The van der Waals surface area contributed by atoms with Crippen molar-refractivity contribution < 1.29 is 37.7 Å². The maximum Gasteiger partial charge on any atom is 0.693 e. The van der Waals surface area contributed by atoms with Crippen molar-refractivity contribution in [1.82, 2.24) is 14.4 Å². The number of aliphatic hydroxyl groups is 1. The Morgan fingerprint density at radius 1 is 1.35 bits per heavy atom. The minimum absolute atomic E-state index is 0.0295. The second kappa shape index (κ2) is 12.0. The summed E-state index contributed by atoms with van der Waals surface area (Å²) in [5.74, 6) is -0.754. The molecule has 2 unspecified atom stereocenters. The molecule has 1 aliphatic rings. The first-order valence-corrected chi connectivity index (χ1v) is 12.8. The van der Waals surface area contributed by atoms with Crippen LogP contribution < -0.4 is 15.8 Å². The van der Waals surface area contributed by atoms with E-state index >= 15 is 4.39 Å². The average Bonchev–Trinajstić information content (AvgIpc) is 3.05. The number of halogens is 3. The molecule has 12 nitrogen and oxygen atoms in total. The zero-order valence-corrected chi connectivity index (χ0v) is 22.2. The molecular formula is C21H24Cl2FN3O9P+. The van der Waals surface area contributed by atoms with E-state index in [2.05, 4.69) is 0 Å². The number of aromatic amines is 1. The Morgan fingerprint density at radius 2 is 2.05 bits per heavy atom. The summed E-state index contributed by atoms with van der Waals surface area (Å²) >= 11 is 11.8. The fourth-order valence-corrected chi connectivity index (χ4v) is 4.63. The molecule has 202 valence electrons. The van der Waals surface area contributed by atoms with Crippen LogP contribution in [0.4, 0.5) is 4.39 Å². The minimum atomic E-state index is -2.91. The molecule has 37 heavy (non-hydrogen) atoms. The minimum Gasteiger partial charge on any atom is -0.465 e. The summed E-state index contributed by atoms with van der Waals surface area (Å²) in [5, 5.41) is 10.9. The van der Waals surface area contributed by atoms with Gasteiger partial charge in [-0.25, -0.2) is 13.7 Å². The summed E-state index contributed by atoms with van der Waals surface area (Å²) in [5.41, 5.74) is -4.15. The Labute approximate surface area is 220 Å². The number of nitrogens with zero attached hydrogens (tertiary/aromatic N) is 2. The van der Waals surface area contributed by atoms with Crippen molar-refractivity contribution in [1.29, 1.82) is 0 Å². The van der Waals surface area contributed by atoms with Crippen LogP contribution in [0, 0.1) is 0 Å². The Kier molecular flexibility index (Phi) is 9.46. The van der Waals surface area contributed by atoms with Crippen LogP contribution in [0.1, 0.15) is 27.0 Å². The maximum atomic E-state index is 15.4. The maximum absolute atomic E-state index is 15.4. The lowest BCUT2D eigenvalue weighted by Gasteiger charge is -2.24. The van der Waals surface area contributed by atoms with Crippen LogP contribution in [0.15, 0.2) is 40.1 Å². The molecule has 1 aliphatic heterocycles. The van der Waals surface area contributed by atoms with E-state index in [4.69, 9.17) is 42.0 Å². The lowest BCUT2D eigenvalue weighted by molar-refractivity contribution is -0.180. The number of nitrogens with one attached hydrogen (secondary N) is 1. The zero-order chi connectivity index (χ0) is 27.5. The van der Waals surface area contributed by atoms with Gasteiger partial charge in [-0.1, -0.05) is 23.2 Å². The van der Waals surface area contributed by atoms with Crippen LogP contribution >= 0.6 is 31.4 Å². The molecule has 16 heteroatoms. The van der Waals surface area contributed by atoms with Crippen LogP contribution in [-0.2, 0) is 23.7 Å². The van der Waals surface area contributed by atoms with E-state index in [-0.39, 0.29) is 22.4 Å². The highest BCUT2D eigenvalue weighted by Crippen LogP contribution is 2.42.